The second-order valence-corrected chi connectivity index (χ2v) is 6.66. The molecule has 4 heteroatoms. The van der Waals surface area contributed by atoms with E-state index in [1.165, 1.54) is 37.8 Å². The number of nitrogens with one attached hydrogen (secondary N) is 1. The van der Waals surface area contributed by atoms with Crippen molar-refractivity contribution >= 4 is 5.96 Å². The highest BCUT2D eigenvalue weighted by molar-refractivity contribution is 5.80. The molecule has 4 nitrogen and oxygen atoms in total. The largest absolute Gasteiger partial charge is 0.492 e. The molecule has 1 heterocycles. The summed E-state index contributed by atoms with van der Waals surface area (Å²) < 4.78 is 5.76. The molecule has 2 aliphatic rings. The van der Waals surface area contributed by atoms with E-state index in [-0.39, 0.29) is 0 Å². The Morgan fingerprint density at radius 1 is 1.27 bits per heavy atom. The lowest BCUT2D eigenvalue weighted by atomic mass is 9.68. The van der Waals surface area contributed by atoms with Crippen LogP contribution in [0.25, 0.3) is 0 Å². The average Bonchev–Trinajstić information content (AvgIpc) is 2.95. The number of ether oxygens (including phenoxy) is 1. The third-order valence-corrected chi connectivity index (χ3v) is 5.04. The van der Waals surface area contributed by atoms with Gasteiger partial charge in [0.2, 0.25) is 0 Å². The molecule has 2 fully saturated rings. The lowest BCUT2D eigenvalue weighted by molar-refractivity contribution is 0.151. The van der Waals surface area contributed by atoms with E-state index in [2.05, 4.69) is 34.3 Å². The number of hydrogen-bond donors (Lipinski definition) is 1. The minimum Gasteiger partial charge on any atom is -0.492 e. The van der Waals surface area contributed by atoms with Crippen LogP contribution in [0.2, 0.25) is 0 Å². The zero-order chi connectivity index (χ0) is 15.4. The molecule has 0 radical (unpaired) electrons. The minimum atomic E-state index is 0.607. The maximum atomic E-state index is 5.76. The summed E-state index contributed by atoms with van der Waals surface area (Å²) in [7, 11) is 1.87. The van der Waals surface area contributed by atoms with Crippen LogP contribution < -0.4 is 10.1 Å². The van der Waals surface area contributed by atoms with E-state index in [0.29, 0.717) is 12.0 Å². The molecule has 1 N–H and O–H groups in total. The van der Waals surface area contributed by atoms with E-state index in [4.69, 9.17) is 4.74 Å². The van der Waals surface area contributed by atoms with Gasteiger partial charge in [0.25, 0.3) is 0 Å². The van der Waals surface area contributed by atoms with Gasteiger partial charge in [0.05, 0.1) is 6.54 Å². The van der Waals surface area contributed by atoms with E-state index in [9.17, 15) is 0 Å². The first-order chi connectivity index (χ1) is 10.7. The van der Waals surface area contributed by atoms with Crippen LogP contribution in [0.4, 0.5) is 0 Å². The Kier molecular flexibility index (Phi) is 4.55. The van der Waals surface area contributed by atoms with Crippen molar-refractivity contribution < 1.29 is 4.74 Å². The quantitative estimate of drug-likeness (QED) is 0.528. The molecule has 22 heavy (non-hydrogen) atoms. The number of rotatable bonds is 4. The SMILES string of the molecule is CN=C(NCCOc1ccc(C)cc1)N1CCC2(CCC2)C1. The van der Waals surface area contributed by atoms with Gasteiger partial charge in [-0.15, -0.1) is 0 Å². The number of nitrogens with zero attached hydrogens (tertiary/aromatic N) is 2. The van der Waals surface area contributed by atoms with E-state index < -0.39 is 0 Å². The number of benzene rings is 1. The Hall–Kier alpha value is -1.71. The zero-order valence-electron chi connectivity index (χ0n) is 13.8. The lowest BCUT2D eigenvalue weighted by Crippen LogP contribution is -2.43. The van der Waals surface area contributed by atoms with Crippen molar-refractivity contribution in [1.29, 1.82) is 0 Å². The first kappa shape index (κ1) is 15.2. The van der Waals surface area contributed by atoms with Crippen LogP contribution in [-0.2, 0) is 0 Å². The first-order valence-electron chi connectivity index (χ1n) is 8.36. The van der Waals surface area contributed by atoms with Gasteiger partial charge in [-0.2, -0.15) is 0 Å². The fraction of sp³-hybridized carbons (Fsp3) is 0.611. The monoisotopic (exact) mass is 301 g/mol. The highest BCUT2D eigenvalue weighted by Gasteiger charge is 2.43. The predicted molar refractivity (Wildman–Crippen MR) is 90.5 cm³/mol. The summed E-state index contributed by atoms with van der Waals surface area (Å²) in [6, 6.07) is 8.18. The van der Waals surface area contributed by atoms with Crippen molar-refractivity contribution in [3.05, 3.63) is 29.8 Å². The molecule has 1 spiro atoms. The molecule has 1 saturated heterocycles. The number of aryl methyl sites for hydroxylation is 1. The number of hydrogen-bond acceptors (Lipinski definition) is 2. The Morgan fingerprint density at radius 3 is 2.64 bits per heavy atom. The van der Waals surface area contributed by atoms with Crippen LogP contribution in [-0.4, -0.2) is 44.1 Å². The van der Waals surface area contributed by atoms with Gasteiger partial charge in [-0.25, -0.2) is 0 Å². The van der Waals surface area contributed by atoms with Crippen molar-refractivity contribution in [3.8, 4) is 5.75 Å². The zero-order valence-corrected chi connectivity index (χ0v) is 13.8. The Morgan fingerprint density at radius 2 is 2.05 bits per heavy atom. The van der Waals surface area contributed by atoms with Crippen molar-refractivity contribution in [2.75, 3.05) is 33.3 Å². The molecular formula is C18H27N3O. The fourth-order valence-corrected chi connectivity index (χ4v) is 3.50. The minimum absolute atomic E-state index is 0.607. The van der Waals surface area contributed by atoms with Crippen LogP contribution in [0.5, 0.6) is 5.75 Å². The highest BCUT2D eigenvalue weighted by atomic mass is 16.5. The van der Waals surface area contributed by atoms with E-state index >= 15 is 0 Å². The van der Waals surface area contributed by atoms with Gasteiger partial charge in [-0.3, -0.25) is 4.99 Å². The average molecular weight is 301 g/mol. The molecule has 0 aromatic heterocycles. The predicted octanol–water partition coefficient (Wildman–Crippen LogP) is 2.83. The van der Waals surface area contributed by atoms with Crippen LogP contribution in [0.3, 0.4) is 0 Å². The Bertz CT molecular complexity index is 520. The topological polar surface area (TPSA) is 36.9 Å². The number of guanidine groups is 1. The summed E-state index contributed by atoms with van der Waals surface area (Å²) in [5.74, 6) is 1.95. The van der Waals surface area contributed by atoms with Crippen molar-refractivity contribution in [2.45, 2.75) is 32.6 Å². The molecule has 3 rings (SSSR count). The molecule has 1 aromatic rings. The summed E-state index contributed by atoms with van der Waals surface area (Å²) in [6.45, 7) is 5.83. The van der Waals surface area contributed by atoms with E-state index in [1.807, 2.05) is 19.2 Å². The number of likely N-dealkylation sites (tertiary alicyclic amines) is 1. The summed E-state index contributed by atoms with van der Waals surface area (Å²) in [5, 5.41) is 3.43. The molecule has 0 bridgehead atoms. The van der Waals surface area contributed by atoms with Gasteiger partial charge < -0.3 is 15.0 Å². The number of aliphatic imine (C=N–C) groups is 1. The molecule has 120 valence electrons. The molecule has 1 aromatic carbocycles. The Balaban J connectivity index is 1.41. The van der Waals surface area contributed by atoms with Crippen LogP contribution in [0.15, 0.2) is 29.3 Å². The standard InChI is InChI=1S/C18H27N3O/c1-15-4-6-16(7-5-15)22-13-11-20-17(19-2)21-12-10-18(14-21)8-3-9-18/h4-7H,3,8-14H2,1-2H3,(H,19,20). The van der Waals surface area contributed by atoms with Crippen molar-refractivity contribution in [1.82, 2.24) is 10.2 Å². The summed E-state index contributed by atoms with van der Waals surface area (Å²) in [6.07, 6.45) is 5.53. The first-order valence-corrected chi connectivity index (χ1v) is 8.36. The highest BCUT2D eigenvalue weighted by Crippen LogP contribution is 2.47. The third kappa shape index (κ3) is 3.37. The molecule has 0 unspecified atom stereocenters. The molecule has 1 saturated carbocycles. The van der Waals surface area contributed by atoms with Crippen LogP contribution in [0.1, 0.15) is 31.2 Å². The molecule has 1 aliphatic heterocycles. The van der Waals surface area contributed by atoms with Gasteiger partial charge >= 0.3 is 0 Å². The fourth-order valence-electron chi connectivity index (χ4n) is 3.50. The van der Waals surface area contributed by atoms with Gasteiger partial charge in [-0.1, -0.05) is 24.1 Å². The van der Waals surface area contributed by atoms with Crippen LogP contribution in [0, 0.1) is 12.3 Å². The normalized spacial score (nSPS) is 20.1. The molecule has 0 amide bonds. The molecular weight excluding hydrogens is 274 g/mol. The van der Waals surface area contributed by atoms with Crippen molar-refractivity contribution in [2.24, 2.45) is 10.4 Å². The Labute approximate surface area is 133 Å². The maximum absolute atomic E-state index is 5.76. The molecule has 1 aliphatic carbocycles. The van der Waals surface area contributed by atoms with Gasteiger partial charge in [0.1, 0.15) is 12.4 Å². The molecule has 0 atom stereocenters. The van der Waals surface area contributed by atoms with E-state index in [1.54, 1.807) is 0 Å². The second kappa shape index (κ2) is 6.59. The summed E-state index contributed by atoms with van der Waals surface area (Å²) in [4.78, 5) is 6.83. The third-order valence-electron chi connectivity index (χ3n) is 5.04. The van der Waals surface area contributed by atoms with Gasteiger partial charge in [0, 0.05) is 20.1 Å². The maximum Gasteiger partial charge on any atom is 0.193 e. The van der Waals surface area contributed by atoms with Crippen molar-refractivity contribution in [3.63, 3.8) is 0 Å². The van der Waals surface area contributed by atoms with E-state index in [0.717, 1.165) is 24.8 Å². The summed E-state index contributed by atoms with van der Waals surface area (Å²) in [5.41, 5.74) is 1.86. The summed E-state index contributed by atoms with van der Waals surface area (Å²) >= 11 is 0. The van der Waals surface area contributed by atoms with Crippen LogP contribution >= 0.6 is 0 Å². The lowest BCUT2D eigenvalue weighted by Gasteiger charge is -2.38. The smallest absolute Gasteiger partial charge is 0.193 e. The van der Waals surface area contributed by atoms with Gasteiger partial charge in [-0.05, 0) is 43.7 Å². The second-order valence-electron chi connectivity index (χ2n) is 6.66. The van der Waals surface area contributed by atoms with Gasteiger partial charge in [0.15, 0.2) is 5.96 Å².